The van der Waals surface area contributed by atoms with Gasteiger partial charge in [0.15, 0.2) is 0 Å². The van der Waals surface area contributed by atoms with Crippen molar-refractivity contribution in [2.45, 2.75) is 32.7 Å². The third-order valence-corrected chi connectivity index (χ3v) is 2.83. The lowest BCUT2D eigenvalue weighted by Crippen LogP contribution is -2.21. The summed E-state index contributed by atoms with van der Waals surface area (Å²) in [6, 6.07) is 0. The van der Waals surface area contributed by atoms with Gasteiger partial charge in [0.2, 0.25) is 0 Å². The van der Waals surface area contributed by atoms with E-state index in [1.807, 2.05) is 12.4 Å². The Labute approximate surface area is 97.1 Å². The number of hydrogen-bond acceptors (Lipinski definition) is 4. The Bertz CT molecular complexity index is 321. The minimum atomic E-state index is 0.822. The number of rotatable bonds is 5. The maximum atomic E-state index is 4.63. The van der Waals surface area contributed by atoms with Gasteiger partial charge in [-0.15, -0.1) is 0 Å². The van der Waals surface area contributed by atoms with Crippen molar-refractivity contribution in [3.63, 3.8) is 0 Å². The van der Waals surface area contributed by atoms with Crippen LogP contribution in [0.2, 0.25) is 0 Å². The van der Waals surface area contributed by atoms with Crippen LogP contribution in [0.4, 0.5) is 5.82 Å². The van der Waals surface area contributed by atoms with Gasteiger partial charge in [-0.3, -0.25) is 4.98 Å². The fraction of sp³-hybridized carbons (Fsp3) is 0.667. The topological polar surface area (TPSA) is 41.1 Å². The van der Waals surface area contributed by atoms with Crippen LogP contribution in [0.1, 0.15) is 31.9 Å². The summed E-state index contributed by atoms with van der Waals surface area (Å²) in [6.45, 7) is 6.28. The SMILES string of the molecule is CCCNCc1cncc(N2CCCC2)n1. The summed E-state index contributed by atoms with van der Waals surface area (Å²) in [5.41, 5.74) is 1.04. The molecular weight excluding hydrogens is 200 g/mol. The van der Waals surface area contributed by atoms with E-state index in [-0.39, 0.29) is 0 Å². The lowest BCUT2D eigenvalue weighted by molar-refractivity contribution is 0.661. The van der Waals surface area contributed by atoms with E-state index >= 15 is 0 Å². The van der Waals surface area contributed by atoms with Crippen molar-refractivity contribution in [1.82, 2.24) is 15.3 Å². The molecule has 1 saturated heterocycles. The molecule has 0 bridgehead atoms. The van der Waals surface area contributed by atoms with Crippen molar-refractivity contribution in [2.75, 3.05) is 24.5 Å². The highest BCUT2D eigenvalue weighted by Gasteiger charge is 2.13. The fourth-order valence-corrected chi connectivity index (χ4v) is 1.97. The predicted molar refractivity (Wildman–Crippen MR) is 65.5 cm³/mol. The van der Waals surface area contributed by atoms with Gasteiger partial charge in [-0.1, -0.05) is 6.92 Å². The summed E-state index contributed by atoms with van der Waals surface area (Å²) in [7, 11) is 0. The maximum absolute atomic E-state index is 4.63. The molecule has 88 valence electrons. The van der Waals surface area contributed by atoms with E-state index in [9.17, 15) is 0 Å². The first-order chi connectivity index (χ1) is 7.90. The molecule has 0 aliphatic carbocycles. The molecule has 1 aliphatic heterocycles. The Morgan fingerprint density at radius 2 is 2.12 bits per heavy atom. The van der Waals surface area contributed by atoms with Crippen LogP contribution >= 0.6 is 0 Å². The lowest BCUT2D eigenvalue weighted by Gasteiger charge is -2.16. The number of aromatic nitrogens is 2. The molecule has 2 heterocycles. The minimum absolute atomic E-state index is 0.822. The second-order valence-electron chi connectivity index (χ2n) is 4.24. The molecular formula is C12H20N4. The van der Waals surface area contributed by atoms with Crippen LogP contribution in [0.3, 0.4) is 0 Å². The zero-order chi connectivity index (χ0) is 11.2. The Kier molecular flexibility index (Phi) is 4.10. The van der Waals surface area contributed by atoms with Gasteiger partial charge in [0.1, 0.15) is 5.82 Å². The molecule has 4 heteroatoms. The van der Waals surface area contributed by atoms with Crippen molar-refractivity contribution in [1.29, 1.82) is 0 Å². The molecule has 16 heavy (non-hydrogen) atoms. The van der Waals surface area contributed by atoms with Gasteiger partial charge in [0, 0.05) is 25.8 Å². The maximum Gasteiger partial charge on any atom is 0.147 e. The molecule has 0 saturated carbocycles. The van der Waals surface area contributed by atoms with Gasteiger partial charge >= 0.3 is 0 Å². The van der Waals surface area contributed by atoms with Crippen LogP contribution in [-0.4, -0.2) is 29.6 Å². The minimum Gasteiger partial charge on any atom is -0.355 e. The molecule has 4 nitrogen and oxygen atoms in total. The van der Waals surface area contributed by atoms with E-state index in [1.165, 1.54) is 12.8 Å². The number of hydrogen-bond donors (Lipinski definition) is 1. The Morgan fingerprint density at radius 1 is 1.31 bits per heavy atom. The molecule has 0 radical (unpaired) electrons. The standard InChI is InChI=1S/C12H20N4/c1-2-5-13-8-11-9-14-10-12(15-11)16-6-3-4-7-16/h9-10,13H,2-8H2,1H3. The quantitative estimate of drug-likeness (QED) is 0.765. The van der Waals surface area contributed by atoms with E-state index in [0.717, 1.165) is 44.1 Å². The average molecular weight is 220 g/mol. The summed E-state index contributed by atoms with van der Waals surface area (Å²) in [4.78, 5) is 11.2. The van der Waals surface area contributed by atoms with Crippen molar-refractivity contribution in [3.8, 4) is 0 Å². The van der Waals surface area contributed by atoms with Crippen molar-refractivity contribution >= 4 is 5.82 Å². The number of anilines is 1. The predicted octanol–water partition coefficient (Wildman–Crippen LogP) is 1.58. The van der Waals surface area contributed by atoms with E-state index in [2.05, 4.69) is 27.1 Å². The van der Waals surface area contributed by atoms with Crippen molar-refractivity contribution < 1.29 is 0 Å². The smallest absolute Gasteiger partial charge is 0.147 e. The average Bonchev–Trinajstić information content (AvgIpc) is 2.83. The molecule has 0 atom stereocenters. The van der Waals surface area contributed by atoms with Crippen LogP contribution in [0.5, 0.6) is 0 Å². The third kappa shape index (κ3) is 2.92. The second-order valence-corrected chi connectivity index (χ2v) is 4.24. The molecule has 1 fully saturated rings. The first-order valence-electron chi connectivity index (χ1n) is 6.16. The van der Waals surface area contributed by atoms with Crippen LogP contribution in [-0.2, 0) is 6.54 Å². The highest BCUT2D eigenvalue weighted by molar-refractivity contribution is 5.37. The normalized spacial score (nSPS) is 15.7. The van der Waals surface area contributed by atoms with Gasteiger partial charge in [-0.05, 0) is 25.8 Å². The summed E-state index contributed by atoms with van der Waals surface area (Å²) in [5.74, 6) is 1.04. The number of nitrogens with zero attached hydrogens (tertiary/aromatic N) is 3. The van der Waals surface area contributed by atoms with E-state index in [1.54, 1.807) is 0 Å². The van der Waals surface area contributed by atoms with Crippen LogP contribution in [0, 0.1) is 0 Å². The summed E-state index contributed by atoms with van der Waals surface area (Å²) < 4.78 is 0. The van der Waals surface area contributed by atoms with E-state index in [4.69, 9.17) is 0 Å². The molecule has 0 spiro atoms. The van der Waals surface area contributed by atoms with Crippen LogP contribution in [0.15, 0.2) is 12.4 Å². The van der Waals surface area contributed by atoms with E-state index in [0.29, 0.717) is 0 Å². The second kappa shape index (κ2) is 5.80. The third-order valence-electron chi connectivity index (χ3n) is 2.83. The highest BCUT2D eigenvalue weighted by atomic mass is 15.2. The monoisotopic (exact) mass is 220 g/mol. The number of nitrogens with one attached hydrogen (secondary N) is 1. The first kappa shape index (κ1) is 11.3. The Balaban J connectivity index is 1.95. The summed E-state index contributed by atoms with van der Waals surface area (Å²) >= 11 is 0. The zero-order valence-corrected chi connectivity index (χ0v) is 9.95. The Morgan fingerprint density at radius 3 is 2.88 bits per heavy atom. The fourth-order valence-electron chi connectivity index (χ4n) is 1.97. The van der Waals surface area contributed by atoms with E-state index < -0.39 is 0 Å². The largest absolute Gasteiger partial charge is 0.355 e. The van der Waals surface area contributed by atoms with Gasteiger partial charge in [-0.2, -0.15) is 0 Å². The molecule has 0 aromatic carbocycles. The molecule has 1 aromatic rings. The first-order valence-corrected chi connectivity index (χ1v) is 6.16. The van der Waals surface area contributed by atoms with Gasteiger partial charge in [0.05, 0.1) is 11.9 Å². The highest BCUT2D eigenvalue weighted by Crippen LogP contribution is 2.16. The molecule has 1 N–H and O–H groups in total. The van der Waals surface area contributed by atoms with Crippen molar-refractivity contribution in [2.24, 2.45) is 0 Å². The van der Waals surface area contributed by atoms with Crippen LogP contribution < -0.4 is 10.2 Å². The summed E-state index contributed by atoms with van der Waals surface area (Å²) in [5, 5.41) is 3.35. The van der Waals surface area contributed by atoms with Gasteiger partial charge < -0.3 is 10.2 Å². The van der Waals surface area contributed by atoms with Crippen molar-refractivity contribution in [3.05, 3.63) is 18.1 Å². The zero-order valence-electron chi connectivity index (χ0n) is 9.95. The molecule has 0 unspecified atom stereocenters. The summed E-state index contributed by atoms with van der Waals surface area (Å²) in [6.07, 6.45) is 7.43. The van der Waals surface area contributed by atoms with Gasteiger partial charge in [-0.25, -0.2) is 4.98 Å². The van der Waals surface area contributed by atoms with Gasteiger partial charge in [0.25, 0.3) is 0 Å². The molecule has 1 aliphatic rings. The molecule has 2 rings (SSSR count). The lowest BCUT2D eigenvalue weighted by atomic mass is 10.4. The molecule has 1 aromatic heterocycles. The Hall–Kier alpha value is -1.16. The molecule has 0 amide bonds. The van der Waals surface area contributed by atoms with Crippen LogP contribution in [0.25, 0.3) is 0 Å².